The van der Waals surface area contributed by atoms with Crippen LogP contribution in [-0.2, 0) is 65.4 Å². The van der Waals surface area contributed by atoms with E-state index in [0.29, 0.717) is 25.7 Å². The molecule has 0 aromatic rings. The van der Waals surface area contributed by atoms with Gasteiger partial charge in [-0.1, -0.05) is 401 Å². The first-order valence-corrected chi connectivity index (χ1v) is 46.6. The number of hydrogen-bond donors (Lipinski definition) is 3. The summed E-state index contributed by atoms with van der Waals surface area (Å²) < 4.78 is 68.9. The molecule has 0 saturated carbocycles. The van der Waals surface area contributed by atoms with Crippen LogP contribution in [0, 0.1) is 5.92 Å². The molecule has 0 bridgehead atoms. The zero-order valence-electron chi connectivity index (χ0n) is 67.5. The van der Waals surface area contributed by atoms with Gasteiger partial charge in [-0.25, -0.2) is 9.13 Å². The lowest BCUT2D eigenvalue weighted by atomic mass is 10.0. The Morgan fingerprint density at radius 2 is 0.447 bits per heavy atom. The van der Waals surface area contributed by atoms with Crippen LogP contribution in [0.1, 0.15) is 452 Å². The number of carbonyl (C=O) groups excluding carboxylic acids is 4. The molecule has 0 saturated heterocycles. The van der Waals surface area contributed by atoms with E-state index in [1.165, 1.54) is 276 Å². The third-order valence-electron chi connectivity index (χ3n) is 19.8. The van der Waals surface area contributed by atoms with Crippen LogP contribution < -0.4 is 0 Å². The van der Waals surface area contributed by atoms with Crippen molar-refractivity contribution < 1.29 is 80.2 Å². The Labute approximate surface area is 632 Å². The SMILES string of the molecule is CCCCCCCCCCCCCCCCCCCCC(=O)O[C@H](COC(=O)CCCCCCCCCCCCCCCCCCC)COP(=O)(O)OC[C@@H](O)COP(=O)(O)OC[C@@H](COC(=O)CCCCCCCCCCCCCC)OC(=O)CCCCCCCCCCCCCCCC(C)C. The van der Waals surface area contributed by atoms with Crippen LogP contribution >= 0.6 is 15.6 Å². The zero-order valence-corrected chi connectivity index (χ0v) is 69.3. The summed E-state index contributed by atoms with van der Waals surface area (Å²) in [5.74, 6) is -1.31. The summed E-state index contributed by atoms with van der Waals surface area (Å²) in [6.07, 6.45) is 69.2. The Bertz CT molecular complexity index is 1960. The maximum atomic E-state index is 13.1. The largest absolute Gasteiger partial charge is 0.472 e. The first kappa shape index (κ1) is 101. The van der Waals surface area contributed by atoms with Crippen molar-refractivity contribution in [2.75, 3.05) is 39.6 Å². The predicted molar refractivity (Wildman–Crippen MR) is 423 cm³/mol. The topological polar surface area (TPSA) is 237 Å². The Balaban J connectivity index is 5.26. The van der Waals surface area contributed by atoms with Gasteiger partial charge in [0.1, 0.15) is 19.3 Å². The molecule has 0 amide bonds. The van der Waals surface area contributed by atoms with E-state index in [-0.39, 0.29) is 25.7 Å². The summed E-state index contributed by atoms with van der Waals surface area (Å²) in [6, 6.07) is 0. The van der Waals surface area contributed by atoms with Gasteiger partial charge in [-0.05, 0) is 31.6 Å². The van der Waals surface area contributed by atoms with Gasteiger partial charge in [0.25, 0.3) is 0 Å². The summed E-state index contributed by atoms with van der Waals surface area (Å²) in [5.41, 5.74) is 0. The normalized spacial score (nSPS) is 13.8. The standard InChI is InChI=1S/C84H164O17P2/c1-6-9-12-15-18-21-24-27-29-31-33-35-39-44-49-54-59-64-69-83(88)100-80(74-95-82(87)68-63-58-53-48-43-38-34-32-30-28-25-22-19-16-13-10-7-2)76-99-103(92,93)97-72-78(85)71-96-102(90,91)98-75-79(73-94-81(86)67-62-57-52-47-42-26-23-20-17-14-11-8-3)101-84(89)70-65-60-55-50-45-40-36-37-41-46-51-56-61-66-77(4)5/h77-80,85H,6-76H2,1-5H3,(H,90,91)(H,92,93)/t78-,79+,80+/m0/s1. The Morgan fingerprint density at radius 1 is 0.262 bits per heavy atom. The van der Waals surface area contributed by atoms with Crippen molar-refractivity contribution in [3.63, 3.8) is 0 Å². The molecular formula is C84H164O17P2. The third-order valence-corrected chi connectivity index (χ3v) is 21.7. The minimum absolute atomic E-state index is 0.108. The average molecular weight is 1510 g/mol. The first-order chi connectivity index (χ1) is 50.0. The average Bonchev–Trinajstić information content (AvgIpc) is 0.933. The second-order valence-electron chi connectivity index (χ2n) is 30.7. The van der Waals surface area contributed by atoms with Crippen LogP contribution in [0.2, 0.25) is 0 Å². The number of phosphoric ester groups is 2. The zero-order chi connectivity index (χ0) is 75.5. The van der Waals surface area contributed by atoms with Crippen LogP contribution in [0.3, 0.4) is 0 Å². The maximum Gasteiger partial charge on any atom is 0.472 e. The van der Waals surface area contributed by atoms with Crippen molar-refractivity contribution in [3.8, 4) is 0 Å². The lowest BCUT2D eigenvalue weighted by Crippen LogP contribution is -2.30. The molecule has 0 aliphatic rings. The highest BCUT2D eigenvalue weighted by Crippen LogP contribution is 2.45. The Kier molecular flexibility index (Phi) is 75.4. The van der Waals surface area contributed by atoms with Gasteiger partial charge in [-0.15, -0.1) is 0 Å². The quantitative estimate of drug-likeness (QED) is 0.0222. The summed E-state index contributed by atoms with van der Waals surface area (Å²) >= 11 is 0. The number of phosphoric acid groups is 2. The molecule has 0 aromatic heterocycles. The fourth-order valence-electron chi connectivity index (χ4n) is 13.1. The van der Waals surface area contributed by atoms with Crippen molar-refractivity contribution in [1.29, 1.82) is 0 Å². The lowest BCUT2D eigenvalue weighted by molar-refractivity contribution is -0.161. The molecule has 17 nitrogen and oxygen atoms in total. The highest BCUT2D eigenvalue weighted by atomic mass is 31.2. The molecule has 0 aromatic carbocycles. The lowest BCUT2D eigenvalue weighted by Gasteiger charge is -2.21. The predicted octanol–water partition coefficient (Wildman–Crippen LogP) is 25.6. The number of hydrogen-bond acceptors (Lipinski definition) is 15. The summed E-state index contributed by atoms with van der Waals surface area (Å²) in [4.78, 5) is 73.2. The highest BCUT2D eigenvalue weighted by Gasteiger charge is 2.30. The molecular weight excluding hydrogens is 1340 g/mol. The minimum Gasteiger partial charge on any atom is -0.462 e. The number of esters is 4. The van der Waals surface area contributed by atoms with E-state index in [2.05, 4.69) is 34.6 Å². The number of carbonyl (C=O) groups is 4. The van der Waals surface area contributed by atoms with Crippen molar-refractivity contribution in [2.24, 2.45) is 5.92 Å². The number of unbranched alkanes of at least 4 members (excludes halogenated alkanes) is 56. The minimum atomic E-state index is -4.96. The van der Waals surface area contributed by atoms with Crippen molar-refractivity contribution in [2.45, 2.75) is 470 Å². The molecule has 0 fully saturated rings. The second-order valence-corrected chi connectivity index (χ2v) is 33.6. The van der Waals surface area contributed by atoms with E-state index in [1.54, 1.807) is 0 Å². The van der Waals surface area contributed by atoms with Crippen molar-refractivity contribution >= 4 is 39.5 Å². The van der Waals surface area contributed by atoms with Gasteiger partial charge in [0.05, 0.1) is 26.4 Å². The van der Waals surface area contributed by atoms with Crippen molar-refractivity contribution in [3.05, 3.63) is 0 Å². The van der Waals surface area contributed by atoms with E-state index >= 15 is 0 Å². The third kappa shape index (κ3) is 78.0. The van der Waals surface area contributed by atoms with Crippen LogP contribution in [-0.4, -0.2) is 96.7 Å². The number of aliphatic hydroxyl groups excluding tert-OH is 1. The second kappa shape index (κ2) is 76.8. The Hall–Kier alpha value is -1.94. The molecule has 0 radical (unpaired) electrons. The van der Waals surface area contributed by atoms with E-state index in [0.717, 1.165) is 95.8 Å². The number of aliphatic hydroxyl groups is 1. The van der Waals surface area contributed by atoms with Crippen LogP contribution in [0.15, 0.2) is 0 Å². The highest BCUT2D eigenvalue weighted by molar-refractivity contribution is 7.47. The van der Waals surface area contributed by atoms with E-state index in [1.807, 2.05) is 0 Å². The molecule has 103 heavy (non-hydrogen) atoms. The van der Waals surface area contributed by atoms with Gasteiger partial charge in [0, 0.05) is 25.7 Å². The summed E-state index contributed by atoms with van der Waals surface area (Å²) in [5, 5.41) is 10.7. The molecule has 0 rings (SSSR count). The Morgan fingerprint density at radius 3 is 0.660 bits per heavy atom. The van der Waals surface area contributed by atoms with Crippen LogP contribution in [0.25, 0.3) is 0 Å². The monoisotopic (exact) mass is 1510 g/mol. The smallest absolute Gasteiger partial charge is 0.462 e. The van der Waals surface area contributed by atoms with Gasteiger partial charge in [0.2, 0.25) is 0 Å². The summed E-state index contributed by atoms with van der Waals surface area (Å²) in [7, 11) is -9.92. The van der Waals surface area contributed by atoms with E-state index in [9.17, 15) is 43.2 Å². The maximum absolute atomic E-state index is 13.1. The molecule has 3 N–H and O–H groups in total. The van der Waals surface area contributed by atoms with Crippen LogP contribution in [0.5, 0.6) is 0 Å². The van der Waals surface area contributed by atoms with E-state index < -0.39 is 97.5 Å². The number of rotatable bonds is 84. The van der Waals surface area contributed by atoms with Gasteiger partial charge in [-0.3, -0.25) is 37.3 Å². The summed E-state index contributed by atoms with van der Waals surface area (Å²) in [6.45, 7) is 7.38. The molecule has 0 aliphatic carbocycles. The molecule has 2 unspecified atom stereocenters. The number of ether oxygens (including phenoxy) is 4. The van der Waals surface area contributed by atoms with Crippen molar-refractivity contribution in [1.82, 2.24) is 0 Å². The van der Waals surface area contributed by atoms with Gasteiger partial charge < -0.3 is 33.8 Å². The molecule has 0 heterocycles. The van der Waals surface area contributed by atoms with Gasteiger partial charge >= 0.3 is 39.5 Å². The van der Waals surface area contributed by atoms with Gasteiger partial charge in [0.15, 0.2) is 12.2 Å². The molecule has 0 aliphatic heterocycles. The molecule has 612 valence electrons. The fraction of sp³-hybridized carbons (Fsp3) is 0.952. The molecule has 5 atom stereocenters. The van der Waals surface area contributed by atoms with Crippen LogP contribution in [0.4, 0.5) is 0 Å². The molecule has 19 heteroatoms. The van der Waals surface area contributed by atoms with E-state index in [4.69, 9.17) is 37.0 Å². The first-order valence-electron chi connectivity index (χ1n) is 43.6. The van der Waals surface area contributed by atoms with Gasteiger partial charge in [-0.2, -0.15) is 0 Å². The fourth-order valence-corrected chi connectivity index (χ4v) is 14.7. The molecule has 0 spiro atoms.